The van der Waals surface area contributed by atoms with E-state index in [-0.39, 0.29) is 5.92 Å². The SMILES string of the molecule is NCCCCCCCCCN1CCC(Cn2cnc([C@](O)(c3ccccc3)C3CCCCC3)n2)CC1. The highest BCUT2D eigenvalue weighted by Gasteiger charge is 2.43. The van der Waals surface area contributed by atoms with Gasteiger partial charge in [0.05, 0.1) is 0 Å². The zero-order valence-electron chi connectivity index (χ0n) is 22.4. The van der Waals surface area contributed by atoms with E-state index in [1.54, 1.807) is 0 Å². The van der Waals surface area contributed by atoms with E-state index in [9.17, 15) is 5.11 Å². The van der Waals surface area contributed by atoms with Gasteiger partial charge in [-0.1, -0.05) is 81.7 Å². The number of likely N-dealkylation sites (tertiary alicyclic amines) is 1. The van der Waals surface area contributed by atoms with E-state index in [1.807, 2.05) is 41.3 Å². The molecular formula is C30H49N5O. The van der Waals surface area contributed by atoms with Crippen molar-refractivity contribution in [3.8, 4) is 0 Å². The number of aliphatic hydroxyl groups is 1. The van der Waals surface area contributed by atoms with Gasteiger partial charge in [0, 0.05) is 6.54 Å². The maximum absolute atomic E-state index is 12.1. The first kappa shape index (κ1) is 27.3. The third kappa shape index (κ3) is 7.39. The van der Waals surface area contributed by atoms with Gasteiger partial charge in [0.2, 0.25) is 0 Å². The summed E-state index contributed by atoms with van der Waals surface area (Å²) in [5.41, 5.74) is 5.40. The van der Waals surface area contributed by atoms with Crippen molar-refractivity contribution in [3.05, 3.63) is 48.0 Å². The molecule has 1 aliphatic heterocycles. The fourth-order valence-electron chi connectivity index (χ4n) is 6.34. The average Bonchev–Trinajstić information content (AvgIpc) is 3.40. The summed E-state index contributed by atoms with van der Waals surface area (Å²) in [6.07, 6.45) is 19.2. The highest BCUT2D eigenvalue weighted by Crippen LogP contribution is 2.42. The molecule has 0 unspecified atom stereocenters. The van der Waals surface area contributed by atoms with Crippen molar-refractivity contribution in [1.29, 1.82) is 0 Å². The topological polar surface area (TPSA) is 80.2 Å². The van der Waals surface area contributed by atoms with Gasteiger partial charge in [-0.25, -0.2) is 4.98 Å². The van der Waals surface area contributed by atoms with E-state index in [0.717, 1.165) is 31.5 Å². The van der Waals surface area contributed by atoms with Crippen LogP contribution in [-0.4, -0.2) is 50.9 Å². The number of rotatable bonds is 14. The second kappa shape index (κ2) is 14.3. The van der Waals surface area contributed by atoms with Gasteiger partial charge in [-0.2, -0.15) is 5.10 Å². The minimum Gasteiger partial charge on any atom is -0.377 e. The lowest BCUT2D eigenvalue weighted by molar-refractivity contribution is -0.00865. The van der Waals surface area contributed by atoms with E-state index in [1.165, 1.54) is 96.7 Å². The molecule has 36 heavy (non-hydrogen) atoms. The van der Waals surface area contributed by atoms with Crippen molar-refractivity contribution in [2.24, 2.45) is 17.6 Å². The summed E-state index contributed by atoms with van der Waals surface area (Å²) in [6, 6.07) is 10.1. The van der Waals surface area contributed by atoms with Gasteiger partial charge in [-0.3, -0.25) is 4.68 Å². The van der Waals surface area contributed by atoms with Crippen molar-refractivity contribution in [2.45, 2.75) is 102 Å². The molecular weight excluding hydrogens is 446 g/mol. The van der Waals surface area contributed by atoms with E-state index >= 15 is 0 Å². The highest BCUT2D eigenvalue weighted by atomic mass is 16.3. The Balaban J connectivity index is 1.24. The predicted molar refractivity (Wildman–Crippen MR) is 147 cm³/mol. The quantitative estimate of drug-likeness (QED) is 0.339. The van der Waals surface area contributed by atoms with Crippen LogP contribution in [0.4, 0.5) is 0 Å². The molecule has 2 aromatic rings. The van der Waals surface area contributed by atoms with Crippen molar-refractivity contribution in [1.82, 2.24) is 19.7 Å². The van der Waals surface area contributed by atoms with Gasteiger partial charge in [0.25, 0.3) is 0 Å². The van der Waals surface area contributed by atoms with Crippen LogP contribution in [0.5, 0.6) is 0 Å². The third-order valence-electron chi connectivity index (χ3n) is 8.62. The molecule has 2 fully saturated rings. The lowest BCUT2D eigenvalue weighted by atomic mass is 9.73. The molecule has 1 atom stereocenters. The smallest absolute Gasteiger partial charge is 0.187 e. The van der Waals surface area contributed by atoms with Crippen LogP contribution in [0.2, 0.25) is 0 Å². The molecule has 2 heterocycles. The van der Waals surface area contributed by atoms with Crippen LogP contribution in [0.3, 0.4) is 0 Å². The number of benzene rings is 1. The van der Waals surface area contributed by atoms with Crippen molar-refractivity contribution < 1.29 is 5.11 Å². The van der Waals surface area contributed by atoms with E-state index in [4.69, 9.17) is 10.8 Å². The van der Waals surface area contributed by atoms with Crippen LogP contribution in [0.15, 0.2) is 36.7 Å². The molecule has 200 valence electrons. The molecule has 1 aliphatic carbocycles. The number of hydrogen-bond donors (Lipinski definition) is 2. The van der Waals surface area contributed by atoms with Crippen molar-refractivity contribution in [3.63, 3.8) is 0 Å². The van der Waals surface area contributed by atoms with Crippen LogP contribution in [0.1, 0.15) is 101 Å². The second-order valence-corrected chi connectivity index (χ2v) is 11.3. The summed E-state index contributed by atoms with van der Waals surface area (Å²) >= 11 is 0. The zero-order valence-corrected chi connectivity index (χ0v) is 22.4. The van der Waals surface area contributed by atoms with E-state index in [0.29, 0.717) is 11.7 Å². The number of unbranched alkanes of at least 4 members (excludes halogenated alkanes) is 6. The normalized spacial score (nSPS) is 19.9. The molecule has 3 N–H and O–H groups in total. The Bertz CT molecular complexity index is 857. The summed E-state index contributed by atoms with van der Waals surface area (Å²) < 4.78 is 2.00. The zero-order chi connectivity index (χ0) is 25.1. The lowest BCUT2D eigenvalue weighted by Crippen LogP contribution is -2.39. The van der Waals surface area contributed by atoms with Gasteiger partial charge in [0.1, 0.15) is 6.33 Å². The summed E-state index contributed by atoms with van der Waals surface area (Å²) in [6.45, 7) is 5.37. The van der Waals surface area contributed by atoms with Crippen LogP contribution >= 0.6 is 0 Å². The van der Waals surface area contributed by atoms with E-state index in [2.05, 4.69) is 9.88 Å². The summed E-state index contributed by atoms with van der Waals surface area (Å²) in [5.74, 6) is 1.40. The average molecular weight is 496 g/mol. The Morgan fingerprint density at radius 2 is 1.53 bits per heavy atom. The summed E-state index contributed by atoms with van der Waals surface area (Å²) in [5, 5.41) is 16.9. The summed E-state index contributed by atoms with van der Waals surface area (Å²) in [7, 11) is 0. The minimum absolute atomic E-state index is 0.179. The number of hydrogen-bond acceptors (Lipinski definition) is 5. The maximum atomic E-state index is 12.1. The van der Waals surface area contributed by atoms with Gasteiger partial charge in [-0.15, -0.1) is 0 Å². The first-order chi connectivity index (χ1) is 17.7. The lowest BCUT2D eigenvalue weighted by Gasteiger charge is -2.37. The fraction of sp³-hybridized carbons (Fsp3) is 0.733. The molecule has 0 radical (unpaired) electrons. The number of aromatic nitrogens is 3. The number of nitrogens with zero attached hydrogens (tertiary/aromatic N) is 4. The van der Waals surface area contributed by atoms with Crippen LogP contribution in [-0.2, 0) is 12.1 Å². The molecule has 1 saturated carbocycles. The van der Waals surface area contributed by atoms with Crippen molar-refractivity contribution in [2.75, 3.05) is 26.2 Å². The molecule has 1 saturated heterocycles. The Kier molecular flexibility index (Phi) is 10.8. The molecule has 0 bridgehead atoms. The minimum atomic E-state index is -1.10. The summed E-state index contributed by atoms with van der Waals surface area (Å²) in [4.78, 5) is 7.33. The van der Waals surface area contributed by atoms with Crippen molar-refractivity contribution >= 4 is 0 Å². The molecule has 1 aromatic carbocycles. The van der Waals surface area contributed by atoms with Crippen LogP contribution in [0.25, 0.3) is 0 Å². The van der Waals surface area contributed by atoms with Gasteiger partial charge in [-0.05, 0) is 82.1 Å². The molecule has 6 nitrogen and oxygen atoms in total. The first-order valence-corrected chi connectivity index (χ1v) is 14.8. The maximum Gasteiger partial charge on any atom is 0.187 e. The molecule has 2 aliphatic rings. The third-order valence-corrected chi connectivity index (χ3v) is 8.62. The predicted octanol–water partition coefficient (Wildman–Crippen LogP) is 5.50. The largest absolute Gasteiger partial charge is 0.377 e. The van der Waals surface area contributed by atoms with Crippen LogP contribution in [0, 0.1) is 11.8 Å². The standard InChI is InChI=1S/C30H49N5O/c31-20-12-4-2-1-3-5-13-21-34-22-18-26(19-23-34)24-35-25-32-29(33-35)30(36,27-14-8-6-9-15-27)28-16-10-7-11-17-28/h6,8-9,14-15,25-26,28,36H,1-5,7,10-13,16-24,31H2/t30-/m0/s1. The fourth-order valence-corrected chi connectivity index (χ4v) is 6.34. The van der Waals surface area contributed by atoms with Crippen LogP contribution < -0.4 is 5.73 Å². The number of piperidine rings is 1. The molecule has 6 heteroatoms. The van der Waals surface area contributed by atoms with E-state index < -0.39 is 5.60 Å². The monoisotopic (exact) mass is 495 g/mol. The van der Waals surface area contributed by atoms with Gasteiger partial charge in [0.15, 0.2) is 11.4 Å². The Morgan fingerprint density at radius 1 is 0.861 bits per heavy atom. The Hall–Kier alpha value is -1.76. The molecule has 4 rings (SSSR count). The second-order valence-electron chi connectivity index (χ2n) is 11.3. The Morgan fingerprint density at radius 3 is 2.22 bits per heavy atom. The molecule has 1 aromatic heterocycles. The first-order valence-electron chi connectivity index (χ1n) is 14.8. The molecule has 0 spiro atoms. The highest BCUT2D eigenvalue weighted by molar-refractivity contribution is 5.30. The molecule has 0 amide bonds. The number of nitrogens with two attached hydrogens (primary N) is 1. The Labute approximate surface area is 218 Å². The van der Waals surface area contributed by atoms with Gasteiger partial charge < -0.3 is 15.7 Å². The van der Waals surface area contributed by atoms with Gasteiger partial charge >= 0.3 is 0 Å².